The molecule has 0 aliphatic rings. The molecule has 0 spiro atoms. The second-order valence-corrected chi connectivity index (χ2v) is 4.68. The van der Waals surface area contributed by atoms with Crippen molar-refractivity contribution >= 4 is 27.5 Å². The summed E-state index contributed by atoms with van der Waals surface area (Å²) in [7, 11) is 0. The standard InChI is InChI=1S/C16H18N2/c1-2-3-11-17-15-10-6-8-13-12-7-4-5-9-14(12)18-16(13)15/h4-10,17-18H,2-3,11H2,1H3. The van der Waals surface area contributed by atoms with Crippen LogP contribution in [0.15, 0.2) is 42.5 Å². The van der Waals surface area contributed by atoms with E-state index in [1.807, 2.05) is 0 Å². The monoisotopic (exact) mass is 238 g/mol. The zero-order chi connectivity index (χ0) is 12.4. The van der Waals surface area contributed by atoms with Crippen LogP contribution in [0.4, 0.5) is 5.69 Å². The van der Waals surface area contributed by atoms with E-state index in [4.69, 9.17) is 0 Å². The summed E-state index contributed by atoms with van der Waals surface area (Å²) >= 11 is 0. The van der Waals surface area contributed by atoms with Crippen LogP contribution >= 0.6 is 0 Å². The minimum Gasteiger partial charge on any atom is -0.383 e. The van der Waals surface area contributed by atoms with E-state index in [0.29, 0.717) is 0 Å². The van der Waals surface area contributed by atoms with Crippen LogP contribution in [0.1, 0.15) is 19.8 Å². The number of anilines is 1. The molecule has 2 nitrogen and oxygen atoms in total. The van der Waals surface area contributed by atoms with Gasteiger partial charge in [-0.3, -0.25) is 0 Å². The van der Waals surface area contributed by atoms with Crippen LogP contribution in [-0.4, -0.2) is 11.5 Å². The van der Waals surface area contributed by atoms with Crippen LogP contribution in [0.25, 0.3) is 21.8 Å². The minimum absolute atomic E-state index is 1.03. The number of unbranched alkanes of at least 4 members (excludes halogenated alkanes) is 1. The van der Waals surface area contributed by atoms with E-state index in [0.717, 1.165) is 6.54 Å². The van der Waals surface area contributed by atoms with Crippen molar-refractivity contribution < 1.29 is 0 Å². The number of hydrogen-bond donors (Lipinski definition) is 2. The van der Waals surface area contributed by atoms with Gasteiger partial charge >= 0.3 is 0 Å². The van der Waals surface area contributed by atoms with Crippen molar-refractivity contribution in [1.82, 2.24) is 4.98 Å². The maximum absolute atomic E-state index is 3.52. The van der Waals surface area contributed by atoms with Crippen molar-refractivity contribution in [2.45, 2.75) is 19.8 Å². The molecule has 18 heavy (non-hydrogen) atoms. The highest BCUT2D eigenvalue weighted by molar-refractivity contribution is 6.11. The Morgan fingerprint density at radius 2 is 1.83 bits per heavy atom. The van der Waals surface area contributed by atoms with Crippen molar-refractivity contribution in [1.29, 1.82) is 0 Å². The molecule has 3 aromatic rings. The van der Waals surface area contributed by atoms with E-state index in [1.165, 1.54) is 40.3 Å². The largest absolute Gasteiger partial charge is 0.383 e. The minimum atomic E-state index is 1.03. The molecule has 0 amide bonds. The fraction of sp³-hybridized carbons (Fsp3) is 0.250. The zero-order valence-corrected chi connectivity index (χ0v) is 10.7. The van der Waals surface area contributed by atoms with E-state index < -0.39 is 0 Å². The quantitative estimate of drug-likeness (QED) is 0.642. The normalized spacial score (nSPS) is 11.2. The first kappa shape index (κ1) is 11.1. The lowest BCUT2D eigenvalue weighted by atomic mass is 10.1. The molecule has 2 aromatic carbocycles. The third-order valence-corrected chi connectivity index (χ3v) is 3.39. The summed E-state index contributed by atoms with van der Waals surface area (Å²) in [4.78, 5) is 3.51. The molecule has 0 bridgehead atoms. The highest BCUT2D eigenvalue weighted by Crippen LogP contribution is 2.29. The molecular weight excluding hydrogens is 220 g/mol. The van der Waals surface area contributed by atoms with Crippen LogP contribution in [0.2, 0.25) is 0 Å². The molecular formula is C16H18N2. The topological polar surface area (TPSA) is 27.8 Å². The fourth-order valence-corrected chi connectivity index (χ4v) is 2.42. The van der Waals surface area contributed by atoms with Crippen molar-refractivity contribution in [3.05, 3.63) is 42.5 Å². The molecule has 0 atom stereocenters. The van der Waals surface area contributed by atoms with Crippen LogP contribution in [0.3, 0.4) is 0 Å². The molecule has 0 aliphatic heterocycles. The molecule has 1 heterocycles. The Morgan fingerprint density at radius 3 is 2.72 bits per heavy atom. The van der Waals surface area contributed by atoms with Crippen LogP contribution < -0.4 is 5.32 Å². The van der Waals surface area contributed by atoms with Gasteiger partial charge < -0.3 is 10.3 Å². The molecule has 1 aromatic heterocycles. The predicted octanol–water partition coefficient (Wildman–Crippen LogP) is 4.53. The summed E-state index contributed by atoms with van der Waals surface area (Å²) in [5.41, 5.74) is 3.63. The van der Waals surface area contributed by atoms with Gasteiger partial charge in [0, 0.05) is 22.8 Å². The maximum Gasteiger partial charge on any atom is 0.0700 e. The zero-order valence-electron chi connectivity index (χ0n) is 10.7. The Kier molecular flexibility index (Phi) is 2.93. The molecule has 0 fully saturated rings. The second kappa shape index (κ2) is 4.73. The van der Waals surface area contributed by atoms with Gasteiger partial charge in [-0.05, 0) is 18.6 Å². The third-order valence-electron chi connectivity index (χ3n) is 3.39. The van der Waals surface area contributed by atoms with Gasteiger partial charge in [-0.25, -0.2) is 0 Å². The van der Waals surface area contributed by atoms with Gasteiger partial charge in [-0.15, -0.1) is 0 Å². The predicted molar refractivity (Wildman–Crippen MR) is 79.2 cm³/mol. The molecule has 2 heteroatoms. The molecule has 0 saturated carbocycles. The molecule has 2 N–H and O–H groups in total. The maximum atomic E-state index is 3.52. The van der Waals surface area contributed by atoms with Gasteiger partial charge in [0.1, 0.15) is 0 Å². The second-order valence-electron chi connectivity index (χ2n) is 4.68. The number of aromatic nitrogens is 1. The lowest BCUT2D eigenvalue weighted by molar-refractivity contribution is 0.835. The van der Waals surface area contributed by atoms with E-state index >= 15 is 0 Å². The van der Waals surface area contributed by atoms with Gasteiger partial charge in [0.15, 0.2) is 0 Å². The number of para-hydroxylation sites is 2. The summed E-state index contributed by atoms with van der Waals surface area (Å²) in [6.45, 7) is 3.25. The number of fused-ring (bicyclic) bond motifs is 3. The van der Waals surface area contributed by atoms with Crippen LogP contribution in [0.5, 0.6) is 0 Å². The first-order valence-electron chi connectivity index (χ1n) is 6.63. The van der Waals surface area contributed by atoms with Gasteiger partial charge in [0.25, 0.3) is 0 Å². The van der Waals surface area contributed by atoms with Crippen molar-refractivity contribution in [2.75, 3.05) is 11.9 Å². The average Bonchev–Trinajstić information content (AvgIpc) is 2.79. The van der Waals surface area contributed by atoms with Gasteiger partial charge in [0.05, 0.1) is 11.2 Å². The summed E-state index contributed by atoms with van der Waals surface area (Å²) < 4.78 is 0. The van der Waals surface area contributed by atoms with Gasteiger partial charge in [0.2, 0.25) is 0 Å². The smallest absolute Gasteiger partial charge is 0.0700 e. The molecule has 92 valence electrons. The lowest BCUT2D eigenvalue weighted by Crippen LogP contribution is -2.00. The highest BCUT2D eigenvalue weighted by atomic mass is 14.9. The van der Waals surface area contributed by atoms with Crippen molar-refractivity contribution in [3.63, 3.8) is 0 Å². The highest BCUT2D eigenvalue weighted by Gasteiger charge is 2.06. The lowest BCUT2D eigenvalue weighted by Gasteiger charge is -2.06. The summed E-state index contributed by atoms with van der Waals surface area (Å²) in [6.07, 6.45) is 2.42. The number of aromatic amines is 1. The molecule has 0 aliphatic carbocycles. The van der Waals surface area contributed by atoms with Gasteiger partial charge in [-0.2, -0.15) is 0 Å². The Hall–Kier alpha value is -1.96. The van der Waals surface area contributed by atoms with Crippen molar-refractivity contribution in [2.24, 2.45) is 0 Å². The number of benzene rings is 2. The molecule has 3 rings (SSSR count). The van der Waals surface area contributed by atoms with Crippen LogP contribution in [-0.2, 0) is 0 Å². The summed E-state index contributed by atoms with van der Waals surface area (Å²) in [5.74, 6) is 0. The number of nitrogens with one attached hydrogen (secondary N) is 2. The number of hydrogen-bond acceptors (Lipinski definition) is 1. The first-order valence-corrected chi connectivity index (χ1v) is 6.63. The van der Waals surface area contributed by atoms with E-state index in [9.17, 15) is 0 Å². The van der Waals surface area contributed by atoms with Crippen molar-refractivity contribution in [3.8, 4) is 0 Å². The number of H-pyrrole nitrogens is 1. The average molecular weight is 238 g/mol. The molecule has 0 saturated heterocycles. The van der Waals surface area contributed by atoms with Crippen LogP contribution in [0, 0.1) is 0 Å². The Morgan fingerprint density at radius 1 is 1.00 bits per heavy atom. The van der Waals surface area contributed by atoms with E-state index in [1.54, 1.807) is 0 Å². The Balaban J connectivity index is 2.09. The summed E-state index contributed by atoms with van der Waals surface area (Å²) in [5, 5.41) is 6.11. The SMILES string of the molecule is CCCCNc1cccc2c1[nH]c1ccccc12. The molecule has 0 unspecified atom stereocenters. The Bertz CT molecular complexity index is 667. The first-order chi connectivity index (χ1) is 8.90. The fourth-order valence-electron chi connectivity index (χ4n) is 2.42. The summed E-state index contributed by atoms with van der Waals surface area (Å²) in [6, 6.07) is 14.9. The number of rotatable bonds is 4. The van der Waals surface area contributed by atoms with E-state index in [2.05, 4.69) is 59.7 Å². The van der Waals surface area contributed by atoms with E-state index in [-0.39, 0.29) is 0 Å². The third kappa shape index (κ3) is 1.84. The Labute approximate surface area is 107 Å². The van der Waals surface area contributed by atoms with Gasteiger partial charge in [-0.1, -0.05) is 43.7 Å². The molecule has 0 radical (unpaired) electrons.